The zero-order chi connectivity index (χ0) is 10.2. The molecule has 0 aromatic carbocycles. The van der Waals surface area contributed by atoms with Gasteiger partial charge in [-0.3, -0.25) is 0 Å². The van der Waals surface area contributed by atoms with Gasteiger partial charge in [0, 0.05) is 17.0 Å². The molecule has 1 fully saturated rings. The Labute approximate surface area is 91.9 Å². The van der Waals surface area contributed by atoms with Crippen molar-refractivity contribution in [1.29, 1.82) is 0 Å². The van der Waals surface area contributed by atoms with E-state index in [9.17, 15) is 0 Å². The number of aliphatic hydroxyl groups is 1. The first-order chi connectivity index (χ1) is 6.86. The lowest BCUT2D eigenvalue weighted by molar-refractivity contribution is 0.255. The number of hydrogen-bond acceptors (Lipinski definition) is 3. The topological polar surface area (TPSA) is 32.3 Å². The quantitative estimate of drug-likeness (QED) is 0.714. The molecule has 0 radical (unpaired) electrons. The van der Waals surface area contributed by atoms with Gasteiger partial charge in [-0.2, -0.15) is 11.8 Å². The van der Waals surface area contributed by atoms with Gasteiger partial charge in [0.1, 0.15) is 0 Å². The van der Waals surface area contributed by atoms with E-state index < -0.39 is 0 Å². The highest BCUT2D eigenvalue weighted by Gasteiger charge is 2.15. The molecule has 1 atom stereocenters. The molecular weight excluding hydrogens is 194 g/mol. The average Bonchev–Trinajstić information content (AvgIpc) is 2.25. The number of rotatable bonds is 6. The molecule has 1 unspecified atom stereocenters. The van der Waals surface area contributed by atoms with E-state index in [0.29, 0.717) is 6.04 Å². The van der Waals surface area contributed by atoms with Crippen LogP contribution in [0, 0.1) is 0 Å². The van der Waals surface area contributed by atoms with Gasteiger partial charge < -0.3 is 10.4 Å². The van der Waals surface area contributed by atoms with E-state index in [1.165, 1.54) is 32.1 Å². The maximum absolute atomic E-state index is 9.11. The van der Waals surface area contributed by atoms with Crippen LogP contribution in [-0.4, -0.2) is 35.3 Å². The highest BCUT2D eigenvalue weighted by Crippen LogP contribution is 2.28. The van der Waals surface area contributed by atoms with Crippen molar-refractivity contribution in [3.05, 3.63) is 0 Å². The van der Waals surface area contributed by atoms with Gasteiger partial charge in [-0.15, -0.1) is 0 Å². The molecule has 1 aliphatic carbocycles. The average molecular weight is 217 g/mol. The Morgan fingerprint density at radius 1 is 1.36 bits per heavy atom. The van der Waals surface area contributed by atoms with E-state index in [0.717, 1.165) is 17.5 Å². The minimum atomic E-state index is 0.271. The molecule has 84 valence electrons. The fraction of sp³-hybridized carbons (Fsp3) is 1.00. The molecule has 0 aliphatic heterocycles. The van der Waals surface area contributed by atoms with E-state index in [1.54, 1.807) is 0 Å². The van der Waals surface area contributed by atoms with Crippen LogP contribution in [0.25, 0.3) is 0 Å². The molecule has 0 aromatic heterocycles. The van der Waals surface area contributed by atoms with Crippen LogP contribution in [0.4, 0.5) is 0 Å². The first kappa shape index (κ1) is 12.3. The first-order valence-electron chi connectivity index (χ1n) is 5.82. The SMILES string of the molecule is CCNC(CO)CSC1CCCCC1. The number of likely N-dealkylation sites (N-methyl/N-ethyl adjacent to an activating group) is 1. The summed E-state index contributed by atoms with van der Waals surface area (Å²) in [6, 6.07) is 0.298. The van der Waals surface area contributed by atoms with Gasteiger partial charge >= 0.3 is 0 Å². The summed E-state index contributed by atoms with van der Waals surface area (Å²) in [7, 11) is 0. The minimum absolute atomic E-state index is 0.271. The summed E-state index contributed by atoms with van der Waals surface area (Å²) in [6.45, 7) is 3.32. The molecule has 2 nitrogen and oxygen atoms in total. The normalized spacial score (nSPS) is 21.0. The second-order valence-corrected chi connectivity index (χ2v) is 5.36. The molecule has 0 bridgehead atoms. The van der Waals surface area contributed by atoms with Gasteiger partial charge in [0.05, 0.1) is 6.61 Å². The van der Waals surface area contributed by atoms with Crippen LogP contribution < -0.4 is 5.32 Å². The number of thioether (sulfide) groups is 1. The smallest absolute Gasteiger partial charge is 0.0592 e. The number of nitrogens with one attached hydrogen (secondary N) is 1. The summed E-state index contributed by atoms with van der Waals surface area (Å²) in [5.41, 5.74) is 0. The molecule has 14 heavy (non-hydrogen) atoms. The van der Waals surface area contributed by atoms with Gasteiger partial charge in [0.25, 0.3) is 0 Å². The highest BCUT2D eigenvalue weighted by molar-refractivity contribution is 7.99. The van der Waals surface area contributed by atoms with Crippen molar-refractivity contribution in [2.45, 2.75) is 50.3 Å². The molecule has 0 amide bonds. The molecule has 0 spiro atoms. The van der Waals surface area contributed by atoms with Crippen LogP contribution in [0.5, 0.6) is 0 Å². The minimum Gasteiger partial charge on any atom is -0.395 e. The molecule has 1 saturated carbocycles. The van der Waals surface area contributed by atoms with E-state index in [2.05, 4.69) is 12.2 Å². The van der Waals surface area contributed by atoms with E-state index in [1.807, 2.05) is 11.8 Å². The summed E-state index contributed by atoms with van der Waals surface area (Å²) in [5.74, 6) is 1.06. The molecule has 0 saturated heterocycles. The second-order valence-electron chi connectivity index (χ2n) is 4.03. The highest BCUT2D eigenvalue weighted by atomic mass is 32.2. The Hall–Kier alpha value is 0.270. The fourth-order valence-electron chi connectivity index (χ4n) is 1.95. The van der Waals surface area contributed by atoms with Gasteiger partial charge in [-0.25, -0.2) is 0 Å². The third kappa shape index (κ3) is 4.67. The molecule has 2 N–H and O–H groups in total. The van der Waals surface area contributed by atoms with E-state index >= 15 is 0 Å². The van der Waals surface area contributed by atoms with Crippen molar-refractivity contribution in [2.24, 2.45) is 0 Å². The van der Waals surface area contributed by atoms with Crippen LogP contribution in [0.15, 0.2) is 0 Å². The summed E-state index contributed by atoms with van der Waals surface area (Å²) >= 11 is 2.05. The van der Waals surface area contributed by atoms with Crippen molar-refractivity contribution in [2.75, 3.05) is 18.9 Å². The lowest BCUT2D eigenvalue weighted by atomic mass is 10.0. The van der Waals surface area contributed by atoms with Gasteiger partial charge in [-0.1, -0.05) is 26.2 Å². The lowest BCUT2D eigenvalue weighted by Crippen LogP contribution is -2.35. The Morgan fingerprint density at radius 2 is 2.07 bits per heavy atom. The Morgan fingerprint density at radius 3 is 2.64 bits per heavy atom. The standard InChI is InChI=1S/C11H23NOS/c1-2-12-10(8-13)9-14-11-6-4-3-5-7-11/h10-13H,2-9H2,1H3. The maximum Gasteiger partial charge on any atom is 0.0592 e. The summed E-state index contributed by atoms with van der Waals surface area (Å²) < 4.78 is 0. The predicted octanol–water partition coefficient (Wildman–Crippen LogP) is 2.02. The van der Waals surface area contributed by atoms with Crippen molar-refractivity contribution >= 4 is 11.8 Å². The van der Waals surface area contributed by atoms with Crippen molar-refractivity contribution in [3.63, 3.8) is 0 Å². The van der Waals surface area contributed by atoms with E-state index in [-0.39, 0.29) is 6.61 Å². The third-order valence-electron chi connectivity index (χ3n) is 2.80. The lowest BCUT2D eigenvalue weighted by Gasteiger charge is -2.23. The van der Waals surface area contributed by atoms with Gasteiger partial charge in [0.15, 0.2) is 0 Å². The Balaban J connectivity index is 2.10. The number of hydrogen-bond donors (Lipinski definition) is 2. The zero-order valence-corrected chi connectivity index (χ0v) is 9.98. The van der Waals surface area contributed by atoms with Crippen molar-refractivity contribution in [1.82, 2.24) is 5.32 Å². The summed E-state index contributed by atoms with van der Waals surface area (Å²) in [6.07, 6.45) is 7.00. The third-order valence-corrected chi connectivity index (χ3v) is 4.34. The second kappa shape index (κ2) is 7.55. The predicted molar refractivity (Wildman–Crippen MR) is 63.9 cm³/mol. The molecule has 3 heteroatoms. The van der Waals surface area contributed by atoms with E-state index in [4.69, 9.17) is 5.11 Å². The largest absolute Gasteiger partial charge is 0.395 e. The zero-order valence-electron chi connectivity index (χ0n) is 9.17. The van der Waals surface area contributed by atoms with Crippen molar-refractivity contribution in [3.8, 4) is 0 Å². The Bertz CT molecular complexity index is 132. The molecular formula is C11H23NOS. The molecule has 0 heterocycles. The Kier molecular flexibility index (Phi) is 6.65. The van der Waals surface area contributed by atoms with Gasteiger partial charge in [-0.05, 0) is 19.4 Å². The van der Waals surface area contributed by atoms with Crippen LogP contribution in [0.1, 0.15) is 39.0 Å². The van der Waals surface area contributed by atoms with Crippen LogP contribution in [0.3, 0.4) is 0 Å². The molecule has 1 rings (SSSR count). The number of aliphatic hydroxyl groups excluding tert-OH is 1. The van der Waals surface area contributed by atoms with Crippen molar-refractivity contribution < 1.29 is 5.11 Å². The fourth-order valence-corrected chi connectivity index (χ4v) is 3.34. The van der Waals surface area contributed by atoms with Gasteiger partial charge in [0.2, 0.25) is 0 Å². The van der Waals surface area contributed by atoms with Crippen LogP contribution >= 0.6 is 11.8 Å². The maximum atomic E-state index is 9.11. The van der Waals surface area contributed by atoms with Crippen LogP contribution in [-0.2, 0) is 0 Å². The molecule has 0 aromatic rings. The van der Waals surface area contributed by atoms with Crippen LogP contribution in [0.2, 0.25) is 0 Å². The summed E-state index contributed by atoms with van der Waals surface area (Å²) in [4.78, 5) is 0. The monoisotopic (exact) mass is 217 g/mol. The first-order valence-corrected chi connectivity index (χ1v) is 6.87. The molecule has 1 aliphatic rings. The summed E-state index contributed by atoms with van der Waals surface area (Å²) in [5, 5.41) is 13.3.